The second-order valence-electron chi connectivity index (χ2n) is 3.45. The lowest BCUT2D eigenvalue weighted by Crippen LogP contribution is -2.29. The fourth-order valence-electron chi connectivity index (χ4n) is 1.14. The van der Waals surface area contributed by atoms with Gasteiger partial charge in [0.25, 0.3) is 0 Å². The number of halogens is 3. The van der Waals surface area contributed by atoms with Crippen LogP contribution >= 0.6 is 0 Å². The average Bonchev–Trinajstić information content (AvgIpc) is 2.13. The van der Waals surface area contributed by atoms with Crippen molar-refractivity contribution in [3.05, 3.63) is 0 Å². The van der Waals surface area contributed by atoms with Crippen LogP contribution in [0.4, 0.5) is 13.2 Å². The maximum absolute atomic E-state index is 11.8. The van der Waals surface area contributed by atoms with Crippen molar-refractivity contribution in [2.45, 2.75) is 38.5 Å². The molecular weight excluding hydrogens is 213 g/mol. The summed E-state index contributed by atoms with van der Waals surface area (Å²) in [5, 5.41) is 9.26. The smallest absolute Gasteiger partial charge is 0.389 e. The van der Waals surface area contributed by atoms with E-state index >= 15 is 0 Å². The maximum atomic E-state index is 11.8. The highest BCUT2D eigenvalue weighted by Crippen LogP contribution is 2.24. The normalized spacial score (nSPS) is 15.9. The van der Waals surface area contributed by atoms with Crippen LogP contribution in [-0.2, 0) is 9.53 Å². The zero-order valence-electron chi connectivity index (χ0n) is 8.67. The first-order chi connectivity index (χ1) is 6.78. The number of rotatable bonds is 5. The number of hydrogen-bond acceptors (Lipinski definition) is 3. The molecule has 0 amide bonds. The van der Waals surface area contributed by atoms with E-state index in [1.54, 1.807) is 0 Å². The summed E-state index contributed by atoms with van der Waals surface area (Å²) in [6.07, 6.45) is -6.39. The van der Waals surface area contributed by atoms with Crippen molar-refractivity contribution in [1.29, 1.82) is 0 Å². The van der Waals surface area contributed by atoms with Gasteiger partial charge in [0.05, 0.1) is 7.11 Å². The van der Waals surface area contributed by atoms with Crippen LogP contribution in [-0.4, -0.2) is 30.5 Å². The topological polar surface area (TPSA) is 46.5 Å². The van der Waals surface area contributed by atoms with Gasteiger partial charge in [-0.1, -0.05) is 6.92 Å². The van der Waals surface area contributed by atoms with Crippen LogP contribution < -0.4 is 0 Å². The molecule has 0 aliphatic heterocycles. The average molecular weight is 228 g/mol. The second kappa shape index (κ2) is 5.95. The van der Waals surface area contributed by atoms with Gasteiger partial charge in [-0.3, -0.25) is 0 Å². The quantitative estimate of drug-likeness (QED) is 0.731. The van der Waals surface area contributed by atoms with Crippen molar-refractivity contribution >= 4 is 5.97 Å². The summed E-state index contributed by atoms with van der Waals surface area (Å²) in [6.45, 7) is 1.51. The summed E-state index contributed by atoms with van der Waals surface area (Å²) in [7, 11) is 1.12. The van der Waals surface area contributed by atoms with Crippen molar-refractivity contribution in [2.24, 2.45) is 5.92 Å². The maximum Gasteiger partial charge on any atom is 0.389 e. The van der Waals surface area contributed by atoms with Crippen molar-refractivity contribution in [3.63, 3.8) is 0 Å². The van der Waals surface area contributed by atoms with E-state index < -0.39 is 30.6 Å². The molecule has 0 radical (unpaired) electrons. The van der Waals surface area contributed by atoms with E-state index in [0.717, 1.165) is 7.11 Å². The molecule has 0 aliphatic carbocycles. The van der Waals surface area contributed by atoms with Crippen LogP contribution in [0.5, 0.6) is 0 Å². The molecule has 0 saturated heterocycles. The van der Waals surface area contributed by atoms with E-state index in [9.17, 15) is 23.1 Å². The first kappa shape index (κ1) is 14.2. The minimum absolute atomic E-state index is 0.0985. The highest BCUT2D eigenvalue weighted by molar-refractivity contribution is 5.74. The minimum Gasteiger partial charge on any atom is -0.467 e. The molecule has 0 aromatic carbocycles. The van der Waals surface area contributed by atoms with E-state index in [1.165, 1.54) is 6.92 Å². The standard InChI is InChI=1S/C9H15F3O3/c1-6(7(13)8(14)15-2)4-3-5-9(10,11)12/h6-7,13H,3-5H2,1-2H3. The van der Waals surface area contributed by atoms with Gasteiger partial charge in [-0.05, 0) is 18.8 Å². The molecule has 0 aromatic rings. The highest BCUT2D eigenvalue weighted by atomic mass is 19.4. The summed E-state index contributed by atoms with van der Waals surface area (Å²) < 4.78 is 39.6. The third kappa shape index (κ3) is 6.33. The lowest BCUT2D eigenvalue weighted by molar-refractivity contribution is -0.153. The molecule has 3 nitrogen and oxygen atoms in total. The van der Waals surface area contributed by atoms with E-state index in [2.05, 4.69) is 4.74 Å². The van der Waals surface area contributed by atoms with Gasteiger partial charge < -0.3 is 9.84 Å². The summed E-state index contributed by atoms with van der Waals surface area (Å²) in [5.41, 5.74) is 0. The second-order valence-corrected chi connectivity index (χ2v) is 3.45. The Balaban J connectivity index is 3.83. The Morgan fingerprint density at radius 3 is 2.40 bits per heavy atom. The third-order valence-corrected chi connectivity index (χ3v) is 2.10. The van der Waals surface area contributed by atoms with Crippen molar-refractivity contribution in [3.8, 4) is 0 Å². The summed E-state index contributed by atoms with van der Waals surface area (Å²) >= 11 is 0. The zero-order chi connectivity index (χ0) is 12.1. The summed E-state index contributed by atoms with van der Waals surface area (Å²) in [5.74, 6) is -1.34. The Hall–Kier alpha value is -0.780. The molecule has 90 valence electrons. The van der Waals surface area contributed by atoms with E-state index in [4.69, 9.17) is 0 Å². The zero-order valence-corrected chi connectivity index (χ0v) is 8.67. The SMILES string of the molecule is COC(=O)C(O)C(C)CCCC(F)(F)F. The molecule has 0 aliphatic rings. The number of aliphatic hydroxyl groups is 1. The predicted molar refractivity (Wildman–Crippen MR) is 47.1 cm³/mol. The van der Waals surface area contributed by atoms with Gasteiger partial charge in [-0.25, -0.2) is 4.79 Å². The van der Waals surface area contributed by atoms with Gasteiger partial charge >= 0.3 is 12.1 Å². The van der Waals surface area contributed by atoms with Crippen LogP contribution in [0.25, 0.3) is 0 Å². The summed E-state index contributed by atoms with van der Waals surface area (Å²) in [6, 6.07) is 0. The first-order valence-electron chi connectivity index (χ1n) is 4.60. The Kier molecular flexibility index (Phi) is 5.64. The molecule has 0 heterocycles. The fraction of sp³-hybridized carbons (Fsp3) is 0.889. The Bertz CT molecular complexity index is 203. The number of esters is 1. The Morgan fingerprint density at radius 2 is 2.00 bits per heavy atom. The van der Waals surface area contributed by atoms with Crippen molar-refractivity contribution in [2.75, 3.05) is 7.11 Å². The van der Waals surface area contributed by atoms with Crippen LogP contribution in [0, 0.1) is 5.92 Å². The molecule has 0 spiro atoms. The monoisotopic (exact) mass is 228 g/mol. The van der Waals surface area contributed by atoms with Gasteiger partial charge in [0.2, 0.25) is 0 Å². The molecule has 0 bridgehead atoms. The minimum atomic E-state index is -4.18. The van der Waals surface area contributed by atoms with E-state index in [0.29, 0.717) is 0 Å². The molecule has 1 N–H and O–H groups in total. The van der Waals surface area contributed by atoms with E-state index in [-0.39, 0.29) is 12.8 Å². The summed E-state index contributed by atoms with van der Waals surface area (Å²) in [4.78, 5) is 10.8. The molecule has 0 saturated carbocycles. The molecule has 0 aromatic heterocycles. The number of carbonyl (C=O) groups is 1. The fourth-order valence-corrected chi connectivity index (χ4v) is 1.14. The molecule has 6 heteroatoms. The van der Waals surface area contributed by atoms with Gasteiger partial charge in [0, 0.05) is 6.42 Å². The molecule has 0 rings (SSSR count). The largest absolute Gasteiger partial charge is 0.467 e. The lowest BCUT2D eigenvalue weighted by atomic mass is 9.98. The Labute approximate surface area is 86.2 Å². The van der Waals surface area contributed by atoms with Crippen LogP contribution in [0.2, 0.25) is 0 Å². The molecule has 2 unspecified atom stereocenters. The van der Waals surface area contributed by atoms with Crippen molar-refractivity contribution in [1.82, 2.24) is 0 Å². The number of alkyl halides is 3. The van der Waals surface area contributed by atoms with Crippen LogP contribution in [0.3, 0.4) is 0 Å². The van der Waals surface area contributed by atoms with Crippen molar-refractivity contribution < 1.29 is 27.8 Å². The lowest BCUT2D eigenvalue weighted by Gasteiger charge is -2.16. The highest BCUT2D eigenvalue weighted by Gasteiger charge is 2.28. The number of ether oxygens (including phenoxy) is 1. The molecule has 2 atom stereocenters. The van der Waals surface area contributed by atoms with Crippen LogP contribution in [0.1, 0.15) is 26.2 Å². The number of aliphatic hydroxyl groups excluding tert-OH is 1. The molecule has 15 heavy (non-hydrogen) atoms. The third-order valence-electron chi connectivity index (χ3n) is 2.10. The predicted octanol–water partition coefficient (Wildman–Crippen LogP) is 1.89. The first-order valence-corrected chi connectivity index (χ1v) is 4.60. The number of carbonyl (C=O) groups excluding carboxylic acids is 1. The van der Waals surface area contributed by atoms with Gasteiger partial charge in [0.1, 0.15) is 0 Å². The number of hydrogen-bond donors (Lipinski definition) is 1. The van der Waals surface area contributed by atoms with Crippen LogP contribution in [0.15, 0.2) is 0 Å². The van der Waals surface area contributed by atoms with Gasteiger partial charge in [-0.2, -0.15) is 13.2 Å². The van der Waals surface area contributed by atoms with Gasteiger partial charge in [0.15, 0.2) is 6.10 Å². The Morgan fingerprint density at radius 1 is 1.47 bits per heavy atom. The van der Waals surface area contributed by atoms with E-state index in [1.807, 2.05) is 0 Å². The van der Waals surface area contributed by atoms with Gasteiger partial charge in [-0.15, -0.1) is 0 Å². The molecule has 0 fully saturated rings. The number of methoxy groups -OCH3 is 1. The molecular formula is C9H15F3O3.